The fourth-order valence-electron chi connectivity index (χ4n) is 4.74. The molecule has 0 amide bonds. The van der Waals surface area contributed by atoms with Crippen molar-refractivity contribution in [2.45, 2.75) is 23.2 Å². The molecule has 1 aliphatic carbocycles. The van der Waals surface area contributed by atoms with Crippen LogP contribution in [0.2, 0.25) is 0 Å². The molecule has 9 nitrogen and oxygen atoms in total. The van der Waals surface area contributed by atoms with Gasteiger partial charge in [0, 0.05) is 53.7 Å². The summed E-state index contributed by atoms with van der Waals surface area (Å²) in [6.45, 7) is 2.08. The summed E-state index contributed by atoms with van der Waals surface area (Å²) in [4.78, 5) is 9.63. The number of pyridine rings is 1. The van der Waals surface area contributed by atoms with Crippen LogP contribution in [0.25, 0.3) is 21.5 Å². The molecule has 4 aromatic heterocycles. The summed E-state index contributed by atoms with van der Waals surface area (Å²) in [6, 6.07) is 3.56. The number of rotatable bonds is 5. The number of ether oxygens (including phenoxy) is 1. The highest BCUT2D eigenvalue weighted by Crippen LogP contribution is 2.44. The van der Waals surface area contributed by atoms with Crippen LogP contribution >= 0.6 is 22.9 Å². The van der Waals surface area contributed by atoms with Gasteiger partial charge in [-0.3, -0.25) is 4.68 Å². The van der Waals surface area contributed by atoms with Crippen molar-refractivity contribution in [3.05, 3.63) is 76.9 Å². The second-order valence-electron chi connectivity index (χ2n) is 9.26. The van der Waals surface area contributed by atoms with E-state index in [-0.39, 0.29) is 13.2 Å². The largest absolute Gasteiger partial charge is 0.378 e. The van der Waals surface area contributed by atoms with Crippen LogP contribution in [0.5, 0.6) is 0 Å². The number of hydrogen-bond acceptors (Lipinski definition) is 8. The quantitative estimate of drug-likeness (QED) is 0.410. The Morgan fingerprint density at radius 3 is 2.75 bits per heavy atom. The van der Waals surface area contributed by atoms with Gasteiger partial charge in [0.05, 0.1) is 24.3 Å². The number of aliphatic hydroxyl groups is 1. The smallest absolute Gasteiger partial charge is 0.250 e. The second kappa shape index (κ2) is 8.09. The zero-order valence-corrected chi connectivity index (χ0v) is 21.8. The molecule has 0 bridgehead atoms. The van der Waals surface area contributed by atoms with Crippen molar-refractivity contribution < 1.29 is 18.3 Å². The maximum Gasteiger partial charge on any atom is 0.250 e. The molecule has 2 atom stereocenters. The van der Waals surface area contributed by atoms with E-state index in [9.17, 15) is 13.5 Å². The van der Waals surface area contributed by atoms with Crippen LogP contribution in [0.3, 0.4) is 0 Å². The molecule has 36 heavy (non-hydrogen) atoms. The van der Waals surface area contributed by atoms with Gasteiger partial charge in [0.25, 0.3) is 0 Å². The SMILES string of the molecule is Cn1cc(C2C=CC(Cl)=CC2(C)S(=O)(=O)n2ccc3c(-c4cnc(C5(O)COC5)s4)ccnc32)cn1. The summed E-state index contributed by atoms with van der Waals surface area (Å²) in [5.74, 6) is -0.506. The van der Waals surface area contributed by atoms with Gasteiger partial charge in [-0.05, 0) is 36.8 Å². The Morgan fingerprint density at radius 2 is 2.06 bits per heavy atom. The number of aromatic nitrogens is 5. The monoisotopic (exact) mass is 543 g/mol. The van der Waals surface area contributed by atoms with E-state index < -0.39 is 26.3 Å². The Labute approximate surface area is 216 Å². The van der Waals surface area contributed by atoms with Gasteiger partial charge in [-0.1, -0.05) is 17.7 Å². The Morgan fingerprint density at radius 1 is 1.25 bits per heavy atom. The van der Waals surface area contributed by atoms with Crippen LogP contribution in [0, 0.1) is 0 Å². The highest BCUT2D eigenvalue weighted by Gasteiger charge is 2.48. The fourth-order valence-corrected chi connectivity index (χ4v) is 7.95. The second-order valence-corrected chi connectivity index (χ2v) is 13.0. The number of halogens is 1. The maximum absolute atomic E-state index is 14.3. The van der Waals surface area contributed by atoms with Crippen LogP contribution in [-0.4, -0.2) is 55.2 Å². The lowest BCUT2D eigenvalue weighted by molar-refractivity contribution is -0.184. The average molecular weight is 544 g/mol. The highest BCUT2D eigenvalue weighted by atomic mass is 35.5. The van der Waals surface area contributed by atoms with Crippen molar-refractivity contribution in [3.8, 4) is 10.4 Å². The van der Waals surface area contributed by atoms with Crippen molar-refractivity contribution in [2.75, 3.05) is 13.2 Å². The molecular weight excluding hydrogens is 522 g/mol. The predicted octanol–water partition coefficient (Wildman–Crippen LogP) is 3.52. The van der Waals surface area contributed by atoms with Crippen LogP contribution in [0.1, 0.15) is 23.4 Å². The molecule has 1 saturated heterocycles. The summed E-state index contributed by atoms with van der Waals surface area (Å²) in [5, 5.41) is 16.4. The minimum atomic E-state index is -4.04. The van der Waals surface area contributed by atoms with E-state index in [0.29, 0.717) is 21.1 Å². The molecule has 6 rings (SSSR count). The van der Waals surface area contributed by atoms with Crippen LogP contribution < -0.4 is 0 Å². The Balaban J connectivity index is 1.46. The number of hydrogen-bond donors (Lipinski definition) is 1. The number of thiazole rings is 1. The molecule has 0 radical (unpaired) electrons. The van der Waals surface area contributed by atoms with Gasteiger partial charge in [-0.15, -0.1) is 11.3 Å². The molecule has 0 saturated carbocycles. The van der Waals surface area contributed by atoms with Crippen molar-refractivity contribution in [2.24, 2.45) is 7.05 Å². The van der Waals surface area contributed by atoms with Crippen molar-refractivity contribution >= 4 is 44.0 Å². The van der Waals surface area contributed by atoms with Crippen LogP contribution in [-0.2, 0) is 27.4 Å². The molecule has 1 fully saturated rings. The Kier molecular flexibility index (Phi) is 5.29. The maximum atomic E-state index is 14.3. The van der Waals surface area contributed by atoms with E-state index in [2.05, 4.69) is 15.1 Å². The zero-order chi connectivity index (χ0) is 25.3. The summed E-state index contributed by atoms with van der Waals surface area (Å²) < 4.78 is 35.1. The lowest BCUT2D eigenvalue weighted by Crippen LogP contribution is -2.46. The Bertz CT molecular complexity index is 1660. The standard InChI is InChI=1S/C24H22ClN5O4S2/c1-23(9-16(25)3-4-19(23)15-10-28-29(2)12-15)36(32,33)30-8-6-18-17(5-7-26-21(18)30)20-11-27-22(35-20)24(31)13-34-14-24/h3-12,19,31H,13-14H2,1-2H3. The van der Waals surface area contributed by atoms with Gasteiger partial charge in [0.1, 0.15) is 9.75 Å². The number of nitrogens with zero attached hydrogens (tertiary/aromatic N) is 5. The molecule has 2 unspecified atom stereocenters. The van der Waals surface area contributed by atoms with Crippen LogP contribution in [0.15, 0.2) is 66.4 Å². The lowest BCUT2D eigenvalue weighted by atomic mass is 9.85. The highest BCUT2D eigenvalue weighted by molar-refractivity contribution is 7.91. The molecule has 4 aromatic rings. The first-order valence-corrected chi connectivity index (χ1v) is 13.8. The molecule has 1 N–H and O–H groups in total. The summed E-state index contributed by atoms with van der Waals surface area (Å²) >= 11 is 7.69. The van der Waals surface area contributed by atoms with E-state index in [1.807, 2.05) is 12.3 Å². The van der Waals surface area contributed by atoms with E-state index in [1.165, 1.54) is 21.5 Å². The van der Waals surface area contributed by atoms with Gasteiger partial charge in [0.2, 0.25) is 10.0 Å². The number of aryl methyl sites for hydroxylation is 1. The van der Waals surface area contributed by atoms with E-state index in [1.54, 1.807) is 61.5 Å². The van der Waals surface area contributed by atoms with Gasteiger partial charge in [0.15, 0.2) is 11.2 Å². The zero-order valence-electron chi connectivity index (χ0n) is 19.4. The fraction of sp³-hybridized carbons (Fsp3) is 0.292. The van der Waals surface area contributed by atoms with Crippen molar-refractivity contribution in [3.63, 3.8) is 0 Å². The summed E-state index contributed by atoms with van der Waals surface area (Å²) in [6.07, 6.45) is 13.4. The van der Waals surface area contributed by atoms with Crippen molar-refractivity contribution in [1.29, 1.82) is 0 Å². The summed E-state index contributed by atoms with van der Waals surface area (Å²) in [5.41, 5.74) is 0.784. The molecule has 5 heterocycles. The minimum absolute atomic E-state index is 0.210. The normalized spacial score (nSPS) is 23.6. The summed E-state index contributed by atoms with van der Waals surface area (Å²) in [7, 11) is -2.25. The topological polar surface area (TPSA) is 112 Å². The van der Waals surface area contributed by atoms with Gasteiger partial charge >= 0.3 is 0 Å². The third kappa shape index (κ3) is 3.41. The lowest BCUT2D eigenvalue weighted by Gasteiger charge is -2.35. The molecule has 186 valence electrons. The molecule has 1 aliphatic heterocycles. The molecule has 2 aliphatic rings. The average Bonchev–Trinajstić information content (AvgIpc) is 3.57. The van der Waals surface area contributed by atoms with E-state index in [4.69, 9.17) is 16.3 Å². The van der Waals surface area contributed by atoms with E-state index >= 15 is 0 Å². The minimum Gasteiger partial charge on any atom is -0.378 e. The molecule has 0 spiro atoms. The van der Waals surface area contributed by atoms with Crippen molar-refractivity contribution in [1.82, 2.24) is 23.7 Å². The third-order valence-electron chi connectivity index (χ3n) is 6.79. The first-order chi connectivity index (χ1) is 17.1. The Hall–Kier alpha value is -2.83. The van der Waals surface area contributed by atoms with Gasteiger partial charge in [-0.25, -0.2) is 22.4 Å². The van der Waals surface area contributed by atoms with Crippen LogP contribution in [0.4, 0.5) is 0 Å². The predicted molar refractivity (Wildman–Crippen MR) is 137 cm³/mol. The molecular formula is C24H22ClN5O4S2. The molecule has 0 aromatic carbocycles. The number of allylic oxidation sites excluding steroid dienone is 3. The van der Waals surface area contributed by atoms with E-state index in [0.717, 1.165) is 16.0 Å². The number of fused-ring (bicyclic) bond motifs is 1. The first kappa shape index (κ1) is 23.6. The molecule has 12 heteroatoms. The van der Waals surface area contributed by atoms with Gasteiger partial charge in [-0.2, -0.15) is 5.10 Å². The first-order valence-electron chi connectivity index (χ1n) is 11.2. The van der Waals surface area contributed by atoms with Gasteiger partial charge < -0.3 is 9.84 Å². The third-order valence-corrected chi connectivity index (χ3v) is 10.5.